The number of aliphatic carboxylic acids is 1. The van der Waals surface area contributed by atoms with Crippen LogP contribution >= 0.6 is 0 Å². The third kappa shape index (κ3) is 3.93. The summed E-state index contributed by atoms with van der Waals surface area (Å²) in [5, 5.41) is 15.3. The highest BCUT2D eigenvalue weighted by Gasteiger charge is 2.14. The quantitative estimate of drug-likeness (QED) is 0.407. The number of rotatable bonds is 6. The van der Waals surface area contributed by atoms with E-state index in [1.54, 1.807) is 12.4 Å². The number of nitrogens with one attached hydrogen (secondary N) is 1. The molecule has 0 saturated heterocycles. The maximum Gasteiger partial charge on any atom is 0.322 e. The number of amides is 1. The smallest absolute Gasteiger partial charge is 0.322 e. The van der Waals surface area contributed by atoms with Crippen LogP contribution in [0.15, 0.2) is 85.3 Å². The fraction of sp³-hybridized carbons (Fsp3) is 0.0769. The molecule has 0 radical (unpaired) electrons. The largest absolute Gasteiger partial charge is 0.480 e. The number of fused-ring (bicyclic) bond motifs is 1. The van der Waals surface area contributed by atoms with E-state index in [1.165, 1.54) is 27.4 Å². The van der Waals surface area contributed by atoms with Crippen molar-refractivity contribution in [2.24, 2.45) is 0 Å². The molecular formula is C26H21N5O3. The summed E-state index contributed by atoms with van der Waals surface area (Å²) < 4.78 is 3.42. The average Bonchev–Trinajstić information content (AvgIpc) is 3.50. The second kappa shape index (κ2) is 8.67. The van der Waals surface area contributed by atoms with Crippen LogP contribution in [0.3, 0.4) is 0 Å². The molecule has 5 aromatic rings. The minimum Gasteiger partial charge on any atom is -0.480 e. The van der Waals surface area contributed by atoms with E-state index in [4.69, 9.17) is 5.11 Å². The van der Waals surface area contributed by atoms with Crippen LogP contribution in [0.5, 0.6) is 0 Å². The molecule has 0 spiro atoms. The highest BCUT2D eigenvalue weighted by Crippen LogP contribution is 2.32. The molecule has 2 N–H and O–H groups in total. The number of pyridine rings is 1. The van der Waals surface area contributed by atoms with Crippen LogP contribution in [0.4, 0.5) is 0 Å². The Morgan fingerprint density at radius 2 is 1.71 bits per heavy atom. The van der Waals surface area contributed by atoms with Crippen LogP contribution in [-0.2, 0) is 4.79 Å². The van der Waals surface area contributed by atoms with E-state index < -0.39 is 18.4 Å². The summed E-state index contributed by atoms with van der Waals surface area (Å²) in [5.41, 5.74) is 6.60. The summed E-state index contributed by atoms with van der Waals surface area (Å²) in [6.45, 7) is 1.66. The third-order valence-corrected chi connectivity index (χ3v) is 5.68. The number of benzene rings is 2. The lowest BCUT2D eigenvalue weighted by molar-refractivity contribution is -0.135. The molecule has 0 aliphatic rings. The number of imidazole rings is 1. The molecule has 3 heterocycles. The number of hydrogen-bond acceptors (Lipinski definition) is 4. The monoisotopic (exact) mass is 451 g/mol. The predicted molar refractivity (Wildman–Crippen MR) is 128 cm³/mol. The van der Waals surface area contributed by atoms with Gasteiger partial charge in [-0.15, -0.1) is 0 Å². The van der Waals surface area contributed by atoms with Crippen LogP contribution in [-0.4, -0.2) is 42.7 Å². The number of carbonyl (C=O) groups is 2. The lowest BCUT2D eigenvalue weighted by atomic mass is 9.93. The molecule has 8 nitrogen and oxygen atoms in total. The van der Waals surface area contributed by atoms with Crippen molar-refractivity contribution in [2.75, 3.05) is 6.54 Å². The summed E-state index contributed by atoms with van der Waals surface area (Å²) in [6, 6.07) is 22.2. The van der Waals surface area contributed by atoms with Crippen LogP contribution in [0, 0.1) is 6.92 Å². The van der Waals surface area contributed by atoms with Crippen LogP contribution in [0.25, 0.3) is 33.7 Å². The first-order valence-corrected chi connectivity index (χ1v) is 10.7. The Kier molecular flexibility index (Phi) is 5.39. The molecule has 168 valence electrons. The SMILES string of the molecule is Cc1c(-c2ccccc2)cccc1-c1ccn2c(-n3ccc(C(=O)NCC(=O)O)n3)cnc2c1. The van der Waals surface area contributed by atoms with Crippen molar-refractivity contribution in [3.8, 4) is 28.1 Å². The van der Waals surface area contributed by atoms with Crippen LogP contribution in [0.2, 0.25) is 0 Å². The molecule has 8 heteroatoms. The second-order valence-corrected chi connectivity index (χ2v) is 7.83. The fourth-order valence-electron chi connectivity index (χ4n) is 4.00. The van der Waals surface area contributed by atoms with Crippen molar-refractivity contribution >= 4 is 17.5 Å². The maximum atomic E-state index is 12.1. The summed E-state index contributed by atoms with van der Waals surface area (Å²) in [4.78, 5) is 27.3. The van der Waals surface area contributed by atoms with Gasteiger partial charge in [0.05, 0.1) is 6.20 Å². The Bertz CT molecular complexity index is 1520. The zero-order valence-corrected chi connectivity index (χ0v) is 18.3. The second-order valence-electron chi connectivity index (χ2n) is 7.83. The zero-order valence-electron chi connectivity index (χ0n) is 18.3. The number of aromatic nitrogens is 4. The van der Waals surface area contributed by atoms with Gasteiger partial charge in [0, 0.05) is 12.4 Å². The zero-order chi connectivity index (χ0) is 23.7. The maximum absolute atomic E-state index is 12.1. The molecule has 5 rings (SSSR count). The van der Waals surface area contributed by atoms with Crippen molar-refractivity contribution in [2.45, 2.75) is 6.92 Å². The number of carboxylic acid groups (broad SMARTS) is 1. The van der Waals surface area contributed by atoms with Gasteiger partial charge in [0.25, 0.3) is 5.91 Å². The Morgan fingerprint density at radius 1 is 0.941 bits per heavy atom. The van der Waals surface area contributed by atoms with Crippen LogP contribution < -0.4 is 5.32 Å². The minimum absolute atomic E-state index is 0.126. The van der Waals surface area contributed by atoms with Gasteiger partial charge in [-0.3, -0.25) is 14.0 Å². The minimum atomic E-state index is -1.12. The van der Waals surface area contributed by atoms with Gasteiger partial charge < -0.3 is 10.4 Å². The number of nitrogens with zero attached hydrogens (tertiary/aromatic N) is 4. The Hall–Kier alpha value is -4.72. The summed E-state index contributed by atoms with van der Waals surface area (Å²) in [6.07, 6.45) is 5.24. The van der Waals surface area contributed by atoms with Gasteiger partial charge in [0.15, 0.2) is 11.5 Å². The first kappa shape index (κ1) is 21.1. The van der Waals surface area contributed by atoms with Crippen LogP contribution in [0.1, 0.15) is 16.1 Å². The van der Waals surface area contributed by atoms with Gasteiger partial charge in [0.2, 0.25) is 0 Å². The molecule has 34 heavy (non-hydrogen) atoms. The Balaban J connectivity index is 1.47. The Labute approximate surface area is 195 Å². The lowest BCUT2D eigenvalue weighted by Gasteiger charge is -2.12. The van der Waals surface area contributed by atoms with Gasteiger partial charge in [0.1, 0.15) is 12.2 Å². The fourth-order valence-corrected chi connectivity index (χ4v) is 4.00. The highest BCUT2D eigenvalue weighted by molar-refractivity contribution is 5.94. The molecule has 0 saturated carbocycles. The molecule has 0 bridgehead atoms. The van der Waals surface area contributed by atoms with E-state index in [-0.39, 0.29) is 5.69 Å². The molecule has 0 unspecified atom stereocenters. The topological polar surface area (TPSA) is 102 Å². The third-order valence-electron chi connectivity index (χ3n) is 5.68. The number of hydrogen-bond donors (Lipinski definition) is 2. The van der Waals surface area contributed by atoms with Crippen molar-refractivity contribution in [1.29, 1.82) is 0 Å². The molecule has 1 amide bonds. The van der Waals surface area contributed by atoms with Gasteiger partial charge >= 0.3 is 5.97 Å². The number of carbonyl (C=O) groups excluding carboxylic acids is 1. The molecular weight excluding hydrogens is 430 g/mol. The average molecular weight is 451 g/mol. The molecule has 0 aliphatic carbocycles. The van der Waals surface area contributed by atoms with Gasteiger partial charge in [-0.1, -0.05) is 48.5 Å². The lowest BCUT2D eigenvalue weighted by Crippen LogP contribution is -2.29. The van der Waals surface area contributed by atoms with E-state index in [9.17, 15) is 9.59 Å². The summed E-state index contributed by atoms with van der Waals surface area (Å²) >= 11 is 0. The van der Waals surface area contributed by atoms with Crippen molar-refractivity contribution in [3.63, 3.8) is 0 Å². The molecule has 2 aromatic carbocycles. The van der Waals surface area contributed by atoms with Gasteiger partial charge in [-0.05, 0) is 52.9 Å². The highest BCUT2D eigenvalue weighted by atomic mass is 16.4. The molecule has 0 aliphatic heterocycles. The standard InChI is InChI=1S/C26H21N5O3/c1-17-20(18-6-3-2-4-7-18)8-5-9-21(17)19-10-12-30-23(14-19)27-15-24(30)31-13-11-22(29-31)26(34)28-16-25(32)33/h2-15H,16H2,1H3,(H,28,34)(H,32,33). The summed E-state index contributed by atoms with van der Waals surface area (Å²) in [7, 11) is 0. The van der Waals surface area contributed by atoms with E-state index in [2.05, 4.69) is 52.7 Å². The van der Waals surface area contributed by atoms with Crippen molar-refractivity contribution in [3.05, 3.63) is 96.6 Å². The van der Waals surface area contributed by atoms with E-state index >= 15 is 0 Å². The predicted octanol–water partition coefficient (Wildman–Crippen LogP) is 3.98. The van der Waals surface area contributed by atoms with Crippen molar-refractivity contribution in [1.82, 2.24) is 24.5 Å². The Morgan fingerprint density at radius 3 is 2.47 bits per heavy atom. The van der Waals surface area contributed by atoms with E-state index in [1.807, 2.05) is 40.9 Å². The van der Waals surface area contributed by atoms with Gasteiger partial charge in [-0.2, -0.15) is 5.10 Å². The first-order chi connectivity index (χ1) is 16.5. The summed E-state index contributed by atoms with van der Waals surface area (Å²) in [5.74, 6) is -1.01. The normalized spacial score (nSPS) is 11.0. The van der Waals surface area contributed by atoms with Gasteiger partial charge in [-0.25, -0.2) is 9.67 Å². The molecule has 0 fully saturated rings. The molecule has 0 atom stereocenters. The van der Waals surface area contributed by atoms with E-state index in [0.717, 1.165) is 16.8 Å². The molecule has 3 aromatic heterocycles. The first-order valence-electron chi connectivity index (χ1n) is 10.7. The van der Waals surface area contributed by atoms with Crippen molar-refractivity contribution < 1.29 is 14.7 Å². The van der Waals surface area contributed by atoms with E-state index in [0.29, 0.717) is 5.82 Å². The number of carboxylic acids is 1.